The fraction of sp³-hybridized carbons (Fsp3) is 0.929. The summed E-state index contributed by atoms with van der Waals surface area (Å²) in [4.78, 5) is 14.0. The van der Waals surface area contributed by atoms with Gasteiger partial charge in [-0.1, -0.05) is 39.5 Å². The highest BCUT2D eigenvalue weighted by Crippen LogP contribution is 2.22. The Morgan fingerprint density at radius 3 is 2.65 bits per heavy atom. The third kappa shape index (κ3) is 5.29. The minimum absolute atomic E-state index is 0.253. The summed E-state index contributed by atoms with van der Waals surface area (Å²) < 4.78 is 0. The molecular formula is C14H26ClNO. The molecule has 1 rings (SSSR count). The third-order valence-electron chi connectivity index (χ3n) is 3.65. The molecule has 100 valence electrons. The van der Waals surface area contributed by atoms with Crippen molar-refractivity contribution >= 4 is 17.5 Å². The van der Waals surface area contributed by atoms with Crippen LogP contribution < -0.4 is 0 Å². The van der Waals surface area contributed by atoms with E-state index in [-0.39, 0.29) is 5.38 Å². The van der Waals surface area contributed by atoms with Crippen LogP contribution in [0.4, 0.5) is 0 Å². The summed E-state index contributed by atoms with van der Waals surface area (Å²) >= 11 is 6.16. The molecule has 0 spiro atoms. The number of alkyl halides is 1. The van der Waals surface area contributed by atoms with Crippen molar-refractivity contribution in [2.24, 2.45) is 5.92 Å². The maximum atomic E-state index is 12.0. The Hall–Kier alpha value is -0.240. The fourth-order valence-corrected chi connectivity index (χ4v) is 2.56. The number of halogens is 1. The van der Waals surface area contributed by atoms with Crippen molar-refractivity contribution in [2.75, 3.05) is 13.1 Å². The van der Waals surface area contributed by atoms with Crippen molar-refractivity contribution in [3.63, 3.8) is 0 Å². The van der Waals surface area contributed by atoms with Gasteiger partial charge in [-0.15, -0.1) is 11.6 Å². The van der Waals surface area contributed by atoms with E-state index in [0.717, 1.165) is 32.4 Å². The predicted molar refractivity (Wildman–Crippen MR) is 73.4 cm³/mol. The van der Waals surface area contributed by atoms with Crippen LogP contribution in [0.2, 0.25) is 0 Å². The van der Waals surface area contributed by atoms with E-state index in [1.54, 1.807) is 0 Å². The van der Waals surface area contributed by atoms with Crippen LogP contribution in [-0.4, -0.2) is 29.3 Å². The highest BCUT2D eigenvalue weighted by atomic mass is 35.5. The lowest BCUT2D eigenvalue weighted by Gasteiger charge is -2.34. The van der Waals surface area contributed by atoms with Crippen molar-refractivity contribution in [1.82, 2.24) is 4.90 Å². The van der Waals surface area contributed by atoms with Crippen LogP contribution in [-0.2, 0) is 4.79 Å². The van der Waals surface area contributed by atoms with E-state index in [0.29, 0.717) is 11.8 Å². The van der Waals surface area contributed by atoms with Gasteiger partial charge >= 0.3 is 0 Å². The fourth-order valence-electron chi connectivity index (χ4n) is 2.38. The van der Waals surface area contributed by atoms with Crippen LogP contribution in [0.5, 0.6) is 0 Å². The molecule has 0 radical (unpaired) electrons. The van der Waals surface area contributed by atoms with Crippen LogP contribution in [0.1, 0.15) is 58.8 Å². The van der Waals surface area contributed by atoms with Crippen LogP contribution in [0.15, 0.2) is 0 Å². The number of amides is 1. The molecular weight excluding hydrogens is 234 g/mol. The average molecular weight is 260 g/mol. The number of unbranched alkanes of at least 4 members (excludes halogenated alkanes) is 4. The molecule has 1 aliphatic heterocycles. The largest absolute Gasteiger partial charge is 0.342 e. The molecule has 2 unspecified atom stereocenters. The van der Waals surface area contributed by atoms with E-state index in [1.807, 2.05) is 4.90 Å². The molecule has 1 fully saturated rings. The SMILES string of the molecule is CCCCCCCC(=O)N1CCC(Cl)C(C)C1. The van der Waals surface area contributed by atoms with Gasteiger partial charge in [-0.25, -0.2) is 0 Å². The molecule has 17 heavy (non-hydrogen) atoms. The molecule has 2 nitrogen and oxygen atoms in total. The van der Waals surface area contributed by atoms with Gasteiger partial charge in [0.05, 0.1) is 0 Å². The molecule has 0 saturated carbocycles. The first-order valence-electron chi connectivity index (χ1n) is 7.07. The van der Waals surface area contributed by atoms with E-state index in [9.17, 15) is 4.79 Å². The molecule has 1 amide bonds. The number of likely N-dealkylation sites (tertiary alicyclic amines) is 1. The average Bonchev–Trinajstić information content (AvgIpc) is 2.32. The summed E-state index contributed by atoms with van der Waals surface area (Å²) in [7, 11) is 0. The Balaban J connectivity index is 2.15. The van der Waals surface area contributed by atoms with Gasteiger partial charge in [0.1, 0.15) is 0 Å². The molecule has 0 N–H and O–H groups in total. The molecule has 1 aliphatic rings. The Kier molecular flexibility index (Phi) is 6.94. The number of hydrogen-bond donors (Lipinski definition) is 0. The summed E-state index contributed by atoms with van der Waals surface area (Å²) in [6.07, 6.45) is 7.74. The van der Waals surface area contributed by atoms with Crippen molar-refractivity contribution < 1.29 is 4.79 Å². The standard InChI is InChI=1S/C14H26ClNO/c1-3-4-5-6-7-8-14(17)16-10-9-13(15)12(2)11-16/h12-13H,3-11H2,1-2H3. The van der Waals surface area contributed by atoms with Crippen molar-refractivity contribution in [1.29, 1.82) is 0 Å². The Morgan fingerprint density at radius 1 is 1.29 bits per heavy atom. The Morgan fingerprint density at radius 2 is 2.00 bits per heavy atom. The number of piperidine rings is 1. The molecule has 0 bridgehead atoms. The monoisotopic (exact) mass is 259 g/mol. The molecule has 2 atom stereocenters. The van der Waals surface area contributed by atoms with Gasteiger partial charge in [0.2, 0.25) is 5.91 Å². The van der Waals surface area contributed by atoms with Gasteiger partial charge in [0.15, 0.2) is 0 Å². The van der Waals surface area contributed by atoms with E-state index < -0.39 is 0 Å². The van der Waals surface area contributed by atoms with Crippen LogP contribution in [0.3, 0.4) is 0 Å². The maximum Gasteiger partial charge on any atom is 0.222 e. The van der Waals surface area contributed by atoms with Crippen LogP contribution >= 0.6 is 11.6 Å². The lowest BCUT2D eigenvalue weighted by molar-refractivity contribution is -0.132. The smallest absolute Gasteiger partial charge is 0.222 e. The van der Waals surface area contributed by atoms with Crippen molar-refractivity contribution in [2.45, 2.75) is 64.2 Å². The molecule has 0 aromatic carbocycles. The summed E-state index contributed by atoms with van der Waals surface area (Å²) in [5.74, 6) is 0.770. The molecule has 1 heterocycles. The molecule has 0 aromatic heterocycles. The summed E-state index contributed by atoms with van der Waals surface area (Å²) in [5.41, 5.74) is 0. The normalized spacial score (nSPS) is 25.0. The first kappa shape index (κ1) is 14.8. The summed E-state index contributed by atoms with van der Waals surface area (Å²) in [6.45, 7) is 6.05. The van der Waals surface area contributed by atoms with Crippen molar-refractivity contribution in [3.8, 4) is 0 Å². The minimum Gasteiger partial charge on any atom is -0.342 e. The molecule has 3 heteroatoms. The van der Waals surface area contributed by atoms with Gasteiger partial charge in [-0.05, 0) is 18.8 Å². The quantitative estimate of drug-likeness (QED) is 0.525. The zero-order chi connectivity index (χ0) is 12.7. The second-order valence-electron chi connectivity index (χ2n) is 5.29. The van der Waals surface area contributed by atoms with Crippen molar-refractivity contribution in [3.05, 3.63) is 0 Å². The lowest BCUT2D eigenvalue weighted by atomic mass is 9.99. The van der Waals surface area contributed by atoms with Gasteiger partial charge in [-0.3, -0.25) is 4.79 Å². The third-order valence-corrected chi connectivity index (χ3v) is 4.30. The van der Waals surface area contributed by atoms with Crippen LogP contribution in [0.25, 0.3) is 0 Å². The van der Waals surface area contributed by atoms with Gasteiger partial charge < -0.3 is 4.90 Å². The number of hydrogen-bond acceptors (Lipinski definition) is 1. The van der Waals surface area contributed by atoms with E-state index in [4.69, 9.17) is 11.6 Å². The van der Waals surface area contributed by atoms with Gasteiger partial charge in [0.25, 0.3) is 0 Å². The van der Waals surface area contributed by atoms with Gasteiger partial charge in [-0.2, -0.15) is 0 Å². The highest BCUT2D eigenvalue weighted by Gasteiger charge is 2.26. The number of carbonyl (C=O) groups is 1. The van der Waals surface area contributed by atoms with E-state index in [1.165, 1.54) is 25.7 Å². The van der Waals surface area contributed by atoms with E-state index >= 15 is 0 Å². The molecule has 0 aromatic rings. The van der Waals surface area contributed by atoms with E-state index in [2.05, 4.69) is 13.8 Å². The zero-order valence-electron chi connectivity index (χ0n) is 11.3. The highest BCUT2D eigenvalue weighted by molar-refractivity contribution is 6.20. The predicted octanol–water partition coefficient (Wildman–Crippen LogP) is 3.82. The number of carbonyl (C=O) groups excluding carboxylic acids is 1. The van der Waals surface area contributed by atoms with Gasteiger partial charge in [0, 0.05) is 24.9 Å². The minimum atomic E-state index is 0.253. The Labute approximate surface area is 111 Å². The first-order chi connectivity index (χ1) is 8.15. The second kappa shape index (κ2) is 7.97. The topological polar surface area (TPSA) is 20.3 Å². The molecule has 0 aliphatic carbocycles. The maximum absolute atomic E-state index is 12.0. The van der Waals surface area contributed by atoms with Crippen LogP contribution in [0, 0.1) is 5.92 Å². The second-order valence-corrected chi connectivity index (χ2v) is 5.85. The number of nitrogens with zero attached hydrogens (tertiary/aromatic N) is 1. The zero-order valence-corrected chi connectivity index (χ0v) is 12.0. The lowest BCUT2D eigenvalue weighted by Crippen LogP contribution is -2.43. The Bertz CT molecular complexity index is 232. The number of rotatable bonds is 6. The summed E-state index contributed by atoms with van der Waals surface area (Å²) in [6, 6.07) is 0. The first-order valence-corrected chi connectivity index (χ1v) is 7.50. The summed E-state index contributed by atoms with van der Waals surface area (Å²) in [5, 5.41) is 0.253. The molecule has 1 saturated heterocycles.